The van der Waals surface area contributed by atoms with Gasteiger partial charge in [0.1, 0.15) is 5.60 Å². The van der Waals surface area contributed by atoms with Gasteiger partial charge in [-0.2, -0.15) is 0 Å². The molecule has 0 saturated carbocycles. The van der Waals surface area contributed by atoms with Gasteiger partial charge in [0, 0.05) is 29.8 Å². The summed E-state index contributed by atoms with van der Waals surface area (Å²) < 4.78 is 7.79. The minimum atomic E-state index is -0.512. The third-order valence-corrected chi connectivity index (χ3v) is 3.85. The van der Waals surface area contributed by atoms with Crippen molar-refractivity contribution in [3.8, 4) is 0 Å². The quantitative estimate of drug-likeness (QED) is 0.727. The van der Waals surface area contributed by atoms with Gasteiger partial charge in [-0.05, 0) is 48.7 Å². The van der Waals surface area contributed by atoms with Crippen molar-refractivity contribution in [2.75, 3.05) is 6.54 Å². The Morgan fingerprint density at radius 2 is 2.00 bits per heavy atom. The fourth-order valence-corrected chi connectivity index (χ4v) is 2.89. The van der Waals surface area contributed by atoms with Crippen LogP contribution in [0.4, 0.5) is 4.79 Å². The Kier molecular flexibility index (Phi) is 3.95. The van der Waals surface area contributed by atoms with E-state index in [9.17, 15) is 9.59 Å². The number of carbonyl (C=O) groups is 1. The Hall–Kier alpha value is -1.30. The Bertz CT molecular complexity index is 602. The zero-order chi connectivity index (χ0) is 15.1. The van der Waals surface area contributed by atoms with Crippen molar-refractivity contribution >= 4 is 22.0 Å². The summed E-state index contributed by atoms with van der Waals surface area (Å²) in [6.45, 7) is 6.44. The van der Waals surface area contributed by atoms with Gasteiger partial charge >= 0.3 is 6.09 Å². The number of rotatable bonds is 0. The number of fused-ring (bicyclic) bond motifs is 1. The summed E-state index contributed by atoms with van der Waals surface area (Å²) in [5, 5.41) is 0. The second kappa shape index (κ2) is 5.24. The van der Waals surface area contributed by atoms with Crippen LogP contribution in [0.25, 0.3) is 0 Å². The van der Waals surface area contributed by atoms with Crippen molar-refractivity contribution in [2.24, 2.45) is 7.05 Å². The molecule has 0 saturated heterocycles. The summed E-state index contributed by atoms with van der Waals surface area (Å²) in [5.41, 5.74) is 1.15. The molecule has 110 valence electrons. The molecule has 0 radical (unpaired) electrons. The normalized spacial score (nSPS) is 14.9. The van der Waals surface area contributed by atoms with Crippen molar-refractivity contribution in [3.63, 3.8) is 0 Å². The van der Waals surface area contributed by atoms with Crippen molar-refractivity contribution < 1.29 is 9.53 Å². The lowest BCUT2D eigenvalue weighted by atomic mass is 10.0. The van der Waals surface area contributed by atoms with Crippen LogP contribution in [0.2, 0.25) is 0 Å². The van der Waals surface area contributed by atoms with Gasteiger partial charge in [0.05, 0.1) is 6.54 Å². The highest BCUT2D eigenvalue weighted by Crippen LogP contribution is 2.25. The first kappa shape index (κ1) is 15.1. The molecule has 0 aliphatic carbocycles. The lowest BCUT2D eigenvalue weighted by Crippen LogP contribution is -2.42. The highest BCUT2D eigenvalue weighted by molar-refractivity contribution is 9.10. The standard InChI is InChI=1S/C14H19BrN2O3/c1-14(2,3)20-13(19)17-6-5-9-10(7-17)11(15)8-16(4)12(9)18/h8H,5-7H2,1-4H3. The maximum absolute atomic E-state index is 12.1. The van der Waals surface area contributed by atoms with Crippen LogP contribution in [0.1, 0.15) is 31.9 Å². The molecule has 1 aliphatic rings. The van der Waals surface area contributed by atoms with E-state index in [-0.39, 0.29) is 11.7 Å². The smallest absolute Gasteiger partial charge is 0.410 e. The Labute approximate surface area is 126 Å². The molecule has 0 unspecified atom stereocenters. The first-order valence-corrected chi connectivity index (χ1v) is 7.33. The minimum absolute atomic E-state index is 0.00652. The molecule has 1 aliphatic heterocycles. The van der Waals surface area contributed by atoms with Gasteiger partial charge < -0.3 is 14.2 Å². The number of carbonyl (C=O) groups excluding carboxylic acids is 1. The van der Waals surface area contributed by atoms with Crippen molar-refractivity contribution in [2.45, 2.75) is 39.3 Å². The topological polar surface area (TPSA) is 51.5 Å². The van der Waals surface area contributed by atoms with Crippen molar-refractivity contribution in [1.29, 1.82) is 0 Å². The molecule has 1 aromatic rings. The number of aryl methyl sites for hydroxylation is 1. The zero-order valence-electron chi connectivity index (χ0n) is 12.2. The first-order valence-electron chi connectivity index (χ1n) is 6.54. The predicted molar refractivity (Wildman–Crippen MR) is 79.7 cm³/mol. The summed E-state index contributed by atoms with van der Waals surface area (Å²) in [7, 11) is 1.73. The van der Waals surface area contributed by atoms with Crippen molar-refractivity contribution in [3.05, 3.63) is 32.2 Å². The lowest BCUT2D eigenvalue weighted by Gasteiger charge is -2.31. The molecule has 1 aromatic heterocycles. The number of nitrogens with zero attached hydrogens (tertiary/aromatic N) is 2. The van der Waals surface area contributed by atoms with Gasteiger partial charge in [-0.25, -0.2) is 4.79 Å². The van der Waals surface area contributed by atoms with Gasteiger partial charge in [0.2, 0.25) is 0 Å². The largest absolute Gasteiger partial charge is 0.444 e. The summed E-state index contributed by atoms with van der Waals surface area (Å²) in [5.74, 6) is 0. The molecule has 0 aromatic carbocycles. The summed E-state index contributed by atoms with van der Waals surface area (Å²) in [6, 6.07) is 0. The zero-order valence-corrected chi connectivity index (χ0v) is 13.8. The summed E-state index contributed by atoms with van der Waals surface area (Å²) in [4.78, 5) is 25.8. The highest BCUT2D eigenvalue weighted by atomic mass is 79.9. The molecule has 0 spiro atoms. The van der Waals surface area contributed by atoms with Gasteiger partial charge in [-0.1, -0.05) is 0 Å². The molecule has 2 heterocycles. The predicted octanol–water partition coefficient (Wildman–Crippen LogP) is 2.44. The molecular weight excluding hydrogens is 324 g/mol. The number of hydrogen-bond donors (Lipinski definition) is 0. The van der Waals surface area contributed by atoms with Crippen LogP contribution in [0, 0.1) is 0 Å². The number of amides is 1. The van der Waals surface area contributed by atoms with Crippen LogP contribution >= 0.6 is 15.9 Å². The van der Waals surface area contributed by atoms with E-state index in [1.165, 1.54) is 0 Å². The molecule has 0 atom stereocenters. The summed E-state index contributed by atoms with van der Waals surface area (Å²) >= 11 is 3.47. The van der Waals surface area contributed by atoms with E-state index in [1.807, 2.05) is 20.8 Å². The molecular formula is C14H19BrN2O3. The fourth-order valence-electron chi connectivity index (χ4n) is 2.22. The van der Waals surface area contributed by atoms with Crippen LogP contribution < -0.4 is 5.56 Å². The number of aromatic nitrogens is 1. The third-order valence-electron chi connectivity index (χ3n) is 3.17. The van der Waals surface area contributed by atoms with Crippen LogP contribution in [0.3, 0.4) is 0 Å². The maximum Gasteiger partial charge on any atom is 0.410 e. The van der Waals surface area contributed by atoms with Gasteiger partial charge in [-0.15, -0.1) is 0 Å². The summed E-state index contributed by atoms with van der Waals surface area (Å²) in [6.07, 6.45) is 1.95. The van der Waals surface area contributed by atoms with E-state index in [0.29, 0.717) is 19.5 Å². The molecule has 0 N–H and O–H groups in total. The second-order valence-electron chi connectivity index (χ2n) is 6.00. The van der Waals surface area contributed by atoms with Crippen LogP contribution in [-0.4, -0.2) is 27.7 Å². The first-order chi connectivity index (χ1) is 9.19. The number of pyridine rings is 1. The molecule has 6 heteroatoms. The highest BCUT2D eigenvalue weighted by Gasteiger charge is 2.28. The molecule has 20 heavy (non-hydrogen) atoms. The number of halogens is 1. The number of hydrogen-bond acceptors (Lipinski definition) is 3. The molecule has 1 amide bonds. The van der Waals surface area contributed by atoms with E-state index >= 15 is 0 Å². The maximum atomic E-state index is 12.1. The van der Waals surface area contributed by atoms with Gasteiger partial charge in [0.25, 0.3) is 5.56 Å². The van der Waals surface area contributed by atoms with Crippen molar-refractivity contribution in [1.82, 2.24) is 9.47 Å². The van der Waals surface area contributed by atoms with E-state index in [0.717, 1.165) is 15.6 Å². The van der Waals surface area contributed by atoms with E-state index in [2.05, 4.69) is 15.9 Å². The molecule has 2 rings (SSSR count). The average Bonchev–Trinajstić information content (AvgIpc) is 2.33. The SMILES string of the molecule is Cn1cc(Br)c2c(c1=O)CCN(C(=O)OC(C)(C)C)C2. The molecule has 5 nitrogen and oxygen atoms in total. The fraction of sp³-hybridized carbons (Fsp3) is 0.571. The minimum Gasteiger partial charge on any atom is -0.444 e. The Balaban J connectivity index is 2.26. The van der Waals surface area contributed by atoms with Crippen LogP contribution in [-0.2, 0) is 24.8 Å². The molecule has 0 bridgehead atoms. The Morgan fingerprint density at radius 1 is 1.35 bits per heavy atom. The number of ether oxygens (including phenoxy) is 1. The van der Waals surface area contributed by atoms with Gasteiger partial charge in [0.15, 0.2) is 0 Å². The second-order valence-corrected chi connectivity index (χ2v) is 6.86. The van der Waals surface area contributed by atoms with Gasteiger partial charge in [-0.3, -0.25) is 4.79 Å². The van der Waals surface area contributed by atoms with E-state index in [1.54, 1.807) is 22.7 Å². The van der Waals surface area contributed by atoms with E-state index < -0.39 is 5.60 Å². The average molecular weight is 343 g/mol. The molecule has 0 fully saturated rings. The van der Waals surface area contributed by atoms with E-state index in [4.69, 9.17) is 4.74 Å². The Morgan fingerprint density at radius 3 is 2.60 bits per heavy atom. The monoisotopic (exact) mass is 342 g/mol. The third kappa shape index (κ3) is 3.06. The lowest BCUT2D eigenvalue weighted by molar-refractivity contribution is 0.0223. The van der Waals surface area contributed by atoms with Crippen LogP contribution in [0.5, 0.6) is 0 Å². The van der Waals surface area contributed by atoms with Crippen LogP contribution in [0.15, 0.2) is 15.5 Å².